The molecule has 0 saturated carbocycles. The van der Waals surface area contributed by atoms with Crippen LogP contribution in [0.2, 0.25) is 0 Å². The molecule has 1 fully saturated rings. The van der Waals surface area contributed by atoms with Gasteiger partial charge in [-0.25, -0.2) is 0 Å². The van der Waals surface area contributed by atoms with Crippen LogP contribution < -0.4 is 0 Å². The average molecular weight is 417 g/mol. The van der Waals surface area contributed by atoms with E-state index in [1.165, 1.54) is 6.42 Å². The zero-order valence-electron chi connectivity index (χ0n) is 16.7. The fourth-order valence-electron chi connectivity index (χ4n) is 0.968. The van der Waals surface area contributed by atoms with Gasteiger partial charge in [0.05, 0.1) is 31.5 Å². The number of hydrogen-bond acceptors (Lipinski definition) is 10. The van der Waals surface area contributed by atoms with Gasteiger partial charge in [-0.05, 0) is 25.7 Å². The van der Waals surface area contributed by atoms with Crippen molar-refractivity contribution in [3.63, 3.8) is 0 Å². The predicted octanol–water partition coefficient (Wildman–Crippen LogP) is 1.67. The first kappa shape index (κ1) is 34.1. The summed E-state index contributed by atoms with van der Waals surface area (Å²) in [7, 11) is 0. The highest BCUT2D eigenvalue weighted by atomic mass is 16.7. The largest absolute Gasteiger partial charge is 0.394 e. The van der Waals surface area contributed by atoms with E-state index in [4.69, 9.17) is 25.2 Å². The number of rotatable bonds is 10. The molecule has 0 spiro atoms. The zero-order valence-corrected chi connectivity index (χ0v) is 16.7. The van der Waals surface area contributed by atoms with E-state index in [-0.39, 0.29) is 27.2 Å². The van der Waals surface area contributed by atoms with E-state index in [1.807, 2.05) is 6.92 Å². The third-order valence-corrected chi connectivity index (χ3v) is 3.16. The minimum Gasteiger partial charge on any atom is -0.394 e. The molecule has 1 aliphatic rings. The number of nitrogens with zero attached hydrogens (tertiary/aromatic N) is 2. The smallest absolute Gasteiger partial charge is 0.229 e. The molecule has 11 nitrogen and oxygen atoms in total. The van der Waals surface area contributed by atoms with E-state index in [0.717, 1.165) is 6.61 Å². The second kappa shape index (κ2) is 25.6. The molecule has 0 amide bonds. The highest BCUT2D eigenvalue weighted by Crippen LogP contribution is 2.10. The van der Waals surface area contributed by atoms with E-state index in [0.29, 0.717) is 25.4 Å². The number of aliphatic hydroxyl groups excluding tert-OH is 4. The van der Waals surface area contributed by atoms with Crippen LogP contribution in [0.5, 0.6) is 0 Å². The summed E-state index contributed by atoms with van der Waals surface area (Å²) < 4.78 is 4.86. The van der Waals surface area contributed by atoms with E-state index >= 15 is 0 Å². The summed E-state index contributed by atoms with van der Waals surface area (Å²) in [6.07, 6.45) is 1.64. The Morgan fingerprint density at radius 2 is 1.57 bits per heavy atom. The Morgan fingerprint density at radius 1 is 1.11 bits per heavy atom. The quantitative estimate of drug-likeness (QED) is 0.178. The maximum atomic E-state index is 9.61. The summed E-state index contributed by atoms with van der Waals surface area (Å²) in [6.45, 7) is 8.01. The second-order valence-electron chi connectivity index (χ2n) is 5.62. The summed E-state index contributed by atoms with van der Waals surface area (Å²) in [4.78, 5) is 22.3. The van der Waals surface area contributed by atoms with Crippen molar-refractivity contribution in [1.29, 1.82) is 0 Å². The SMILES string of the molecule is C.CCC(O)CO.CCC(O)CON=O.CCC(O)C[N+](=O)[O-].CCC1CO1. The number of ether oxygens (including phenoxy) is 1. The Morgan fingerprint density at radius 3 is 1.71 bits per heavy atom. The molecule has 1 saturated heterocycles. The highest BCUT2D eigenvalue weighted by Gasteiger charge is 2.18. The van der Waals surface area contributed by atoms with Crippen molar-refractivity contribution in [2.75, 3.05) is 26.4 Å². The lowest BCUT2D eigenvalue weighted by Crippen LogP contribution is -2.17. The number of epoxide rings is 1. The Bertz CT molecular complexity index is 328. The number of hydrogen-bond donors (Lipinski definition) is 4. The van der Waals surface area contributed by atoms with Crippen LogP contribution in [0.3, 0.4) is 0 Å². The zero-order chi connectivity index (χ0) is 21.7. The summed E-state index contributed by atoms with van der Waals surface area (Å²) >= 11 is 0. The molecule has 1 rings (SSSR count). The maximum absolute atomic E-state index is 9.61. The molecule has 4 unspecified atom stereocenters. The van der Waals surface area contributed by atoms with Crippen molar-refractivity contribution in [1.82, 2.24) is 0 Å². The lowest BCUT2D eigenvalue weighted by molar-refractivity contribution is -0.490. The van der Waals surface area contributed by atoms with Gasteiger partial charge < -0.3 is 30.0 Å². The predicted molar refractivity (Wildman–Crippen MR) is 106 cm³/mol. The minimum atomic E-state index is -0.773. The first-order valence-corrected chi connectivity index (χ1v) is 9.04. The second-order valence-corrected chi connectivity index (χ2v) is 5.62. The average Bonchev–Trinajstić information content (AvgIpc) is 3.50. The van der Waals surface area contributed by atoms with Crippen LogP contribution in [-0.2, 0) is 9.57 Å². The van der Waals surface area contributed by atoms with Gasteiger partial charge in [0.25, 0.3) is 0 Å². The maximum Gasteiger partial charge on any atom is 0.229 e. The van der Waals surface area contributed by atoms with E-state index in [1.54, 1.807) is 13.8 Å². The summed E-state index contributed by atoms with van der Waals surface area (Å²) in [5, 5.41) is 45.5. The molecular formula is C17H40N2O9. The van der Waals surface area contributed by atoms with Gasteiger partial charge in [0.2, 0.25) is 6.54 Å². The normalized spacial score (nSPS) is 16.6. The van der Waals surface area contributed by atoms with Crippen LogP contribution in [0.4, 0.5) is 0 Å². The van der Waals surface area contributed by atoms with Crippen LogP contribution in [0.15, 0.2) is 5.34 Å². The molecule has 0 radical (unpaired) electrons. The molecule has 0 aliphatic carbocycles. The van der Waals surface area contributed by atoms with Crippen molar-refractivity contribution in [3.05, 3.63) is 15.0 Å². The van der Waals surface area contributed by atoms with Crippen molar-refractivity contribution >= 4 is 0 Å². The lowest BCUT2D eigenvalue weighted by Gasteiger charge is -2.01. The summed E-state index contributed by atoms with van der Waals surface area (Å²) in [5.41, 5.74) is 0. The van der Waals surface area contributed by atoms with Crippen LogP contribution in [0.25, 0.3) is 0 Å². The first-order valence-electron chi connectivity index (χ1n) is 9.04. The lowest BCUT2D eigenvalue weighted by atomic mass is 10.3. The molecule has 0 bridgehead atoms. The molecule has 0 aromatic carbocycles. The van der Waals surface area contributed by atoms with Gasteiger partial charge in [-0.3, -0.25) is 10.1 Å². The van der Waals surface area contributed by atoms with Crippen LogP contribution in [0, 0.1) is 15.0 Å². The molecular weight excluding hydrogens is 376 g/mol. The topological polar surface area (TPSA) is 175 Å². The van der Waals surface area contributed by atoms with Crippen molar-refractivity contribution in [2.24, 2.45) is 5.34 Å². The first-order chi connectivity index (χ1) is 12.7. The molecule has 0 aromatic rings. The van der Waals surface area contributed by atoms with Gasteiger partial charge in [0.1, 0.15) is 12.7 Å². The third-order valence-electron chi connectivity index (χ3n) is 3.16. The molecule has 4 N–H and O–H groups in total. The van der Waals surface area contributed by atoms with Gasteiger partial charge >= 0.3 is 0 Å². The fourth-order valence-corrected chi connectivity index (χ4v) is 0.968. The van der Waals surface area contributed by atoms with Gasteiger partial charge in [0, 0.05) is 4.92 Å². The van der Waals surface area contributed by atoms with Crippen LogP contribution in [-0.4, -0.2) is 76.1 Å². The Kier molecular flexibility index (Phi) is 31.2. The highest BCUT2D eigenvalue weighted by molar-refractivity contribution is 4.64. The van der Waals surface area contributed by atoms with Crippen molar-refractivity contribution < 1.29 is 34.9 Å². The molecule has 1 heterocycles. The van der Waals surface area contributed by atoms with Crippen LogP contribution >= 0.6 is 0 Å². The van der Waals surface area contributed by atoms with Gasteiger partial charge in [-0.1, -0.05) is 35.1 Å². The number of aliphatic hydroxyl groups is 4. The monoisotopic (exact) mass is 416 g/mol. The van der Waals surface area contributed by atoms with E-state index in [2.05, 4.69) is 17.1 Å². The van der Waals surface area contributed by atoms with Crippen LogP contribution in [0.1, 0.15) is 60.8 Å². The van der Waals surface area contributed by atoms with Gasteiger partial charge in [0.15, 0.2) is 5.34 Å². The minimum absolute atomic E-state index is 0. The van der Waals surface area contributed by atoms with E-state index in [9.17, 15) is 15.0 Å². The standard InChI is InChI=1S/2C4H9NO3.C4H10O2.C4H8O.CH4/c1-2-4(6)3-8-5-7;1-2-4(6)3-5(7)8;1-2-4(6)3-5;1-2-4-3-5-4;/h2*4,6H,2-3H2,1H3;4-6H,2-3H2,1H3;4H,2-3H2,1H3;1H4. The molecule has 28 heavy (non-hydrogen) atoms. The molecule has 0 aromatic heterocycles. The third kappa shape index (κ3) is 35.7. The summed E-state index contributed by atoms with van der Waals surface area (Å²) in [5.74, 6) is 0. The molecule has 4 atom stereocenters. The molecule has 172 valence electrons. The Balaban J connectivity index is -0.000000137. The molecule has 11 heteroatoms. The van der Waals surface area contributed by atoms with Crippen molar-refractivity contribution in [2.45, 2.75) is 85.2 Å². The number of nitro groups is 1. The Hall–Kier alpha value is -1.40. The van der Waals surface area contributed by atoms with Gasteiger partial charge in [-0.2, -0.15) is 0 Å². The van der Waals surface area contributed by atoms with E-state index < -0.39 is 23.2 Å². The van der Waals surface area contributed by atoms with Crippen molar-refractivity contribution in [3.8, 4) is 0 Å². The summed E-state index contributed by atoms with van der Waals surface area (Å²) in [6, 6.07) is 0. The fraction of sp³-hybridized carbons (Fsp3) is 1.00. The molecule has 1 aliphatic heterocycles. The van der Waals surface area contributed by atoms with Gasteiger partial charge in [-0.15, -0.1) is 4.91 Å². The Labute approximate surface area is 167 Å².